The summed E-state index contributed by atoms with van der Waals surface area (Å²) in [6, 6.07) is 10.7. The van der Waals surface area contributed by atoms with Crippen molar-refractivity contribution in [1.82, 2.24) is 10.2 Å². The second-order valence-corrected chi connectivity index (χ2v) is 7.11. The number of imide groups is 1. The Balaban J connectivity index is 1.70. The number of rotatable bonds is 2. The van der Waals surface area contributed by atoms with Gasteiger partial charge in [0.2, 0.25) is 0 Å². The number of thiophene rings is 1. The molecule has 1 fully saturated rings. The molecule has 0 radical (unpaired) electrons. The van der Waals surface area contributed by atoms with E-state index in [0.717, 1.165) is 18.4 Å². The summed E-state index contributed by atoms with van der Waals surface area (Å²) in [4.78, 5) is 28.0. The zero-order valence-electron chi connectivity index (χ0n) is 12.9. The number of carbonyl (C=O) groups is 2. The zero-order chi connectivity index (χ0) is 16.7. The van der Waals surface area contributed by atoms with Crippen LogP contribution in [0, 0.1) is 11.3 Å². The van der Waals surface area contributed by atoms with Crippen LogP contribution in [0.1, 0.15) is 34.4 Å². The first-order valence-corrected chi connectivity index (χ1v) is 8.72. The van der Waals surface area contributed by atoms with E-state index in [0.29, 0.717) is 17.5 Å². The van der Waals surface area contributed by atoms with E-state index in [9.17, 15) is 14.9 Å². The summed E-state index contributed by atoms with van der Waals surface area (Å²) in [5.74, 6) is -0.209. The molecule has 1 saturated heterocycles. The Morgan fingerprint density at radius 1 is 1.29 bits per heavy atom. The molecule has 1 aromatic heterocycles. The largest absolute Gasteiger partial charge is 0.325 e. The smallest absolute Gasteiger partial charge is 0.319 e. The summed E-state index contributed by atoms with van der Waals surface area (Å²) in [5, 5.41) is 14.1. The molecule has 1 atom stereocenters. The average molecular weight is 337 g/mol. The molecule has 1 aromatic carbocycles. The maximum Gasteiger partial charge on any atom is 0.325 e. The topological polar surface area (TPSA) is 73.2 Å². The van der Waals surface area contributed by atoms with Crippen molar-refractivity contribution in [2.24, 2.45) is 0 Å². The van der Waals surface area contributed by atoms with Crippen molar-refractivity contribution < 1.29 is 9.59 Å². The lowest BCUT2D eigenvalue weighted by Crippen LogP contribution is -2.46. The lowest BCUT2D eigenvalue weighted by Gasteiger charge is -2.31. The number of hydrogen-bond acceptors (Lipinski definition) is 4. The van der Waals surface area contributed by atoms with E-state index < -0.39 is 5.54 Å². The van der Waals surface area contributed by atoms with Crippen LogP contribution in [0.4, 0.5) is 4.79 Å². The van der Waals surface area contributed by atoms with Crippen LogP contribution in [0.15, 0.2) is 35.7 Å². The van der Waals surface area contributed by atoms with Gasteiger partial charge < -0.3 is 5.32 Å². The van der Waals surface area contributed by atoms with E-state index in [-0.39, 0.29) is 18.5 Å². The van der Waals surface area contributed by atoms with Crippen molar-refractivity contribution in [1.29, 1.82) is 5.26 Å². The molecule has 1 N–H and O–H groups in total. The van der Waals surface area contributed by atoms with Crippen LogP contribution >= 0.6 is 11.3 Å². The van der Waals surface area contributed by atoms with Gasteiger partial charge in [0, 0.05) is 10.4 Å². The predicted molar refractivity (Wildman–Crippen MR) is 89.2 cm³/mol. The van der Waals surface area contributed by atoms with Crippen LogP contribution in [-0.2, 0) is 23.3 Å². The Morgan fingerprint density at radius 2 is 2.12 bits per heavy atom. The standard InChI is InChI=1S/C18H15N3O2S/c19-10-12-4-1-2-5-13(12)11-21-16(22)18(20-17(21)23)8-3-6-15-14(18)7-9-24-15/h1-2,4-5,7,9H,3,6,8,11H2,(H,20,23)/t18-/m0/s1. The molecule has 3 amide bonds. The normalized spacial score (nSPS) is 22.4. The Morgan fingerprint density at radius 3 is 2.96 bits per heavy atom. The van der Waals surface area contributed by atoms with Crippen molar-refractivity contribution >= 4 is 23.3 Å². The summed E-state index contributed by atoms with van der Waals surface area (Å²) in [6.07, 6.45) is 2.45. The minimum Gasteiger partial charge on any atom is -0.319 e. The molecule has 24 heavy (non-hydrogen) atoms. The van der Waals surface area contributed by atoms with E-state index in [2.05, 4.69) is 11.4 Å². The van der Waals surface area contributed by atoms with Crippen LogP contribution in [0.2, 0.25) is 0 Å². The number of hydrogen-bond donors (Lipinski definition) is 1. The van der Waals surface area contributed by atoms with Gasteiger partial charge in [0.1, 0.15) is 5.54 Å². The van der Waals surface area contributed by atoms with Gasteiger partial charge in [-0.05, 0) is 42.3 Å². The first-order valence-electron chi connectivity index (χ1n) is 7.85. The second-order valence-electron chi connectivity index (χ2n) is 6.11. The third-order valence-corrected chi connectivity index (χ3v) is 5.78. The molecule has 5 nitrogen and oxygen atoms in total. The molecular weight excluding hydrogens is 322 g/mol. The summed E-state index contributed by atoms with van der Waals surface area (Å²) in [6.45, 7) is 0.121. The van der Waals surface area contributed by atoms with E-state index in [1.165, 1.54) is 9.78 Å². The third kappa shape index (κ3) is 2.05. The molecule has 0 saturated carbocycles. The molecule has 2 aliphatic rings. The van der Waals surface area contributed by atoms with Crippen LogP contribution in [0.3, 0.4) is 0 Å². The Labute approximate surface area is 143 Å². The molecule has 1 aliphatic carbocycles. The fraction of sp³-hybridized carbons (Fsp3) is 0.278. The Bertz CT molecular complexity index is 882. The van der Waals surface area contributed by atoms with E-state index >= 15 is 0 Å². The first kappa shape index (κ1) is 14.9. The molecular formula is C18H15N3O2S. The number of benzene rings is 1. The van der Waals surface area contributed by atoms with Gasteiger partial charge in [-0.15, -0.1) is 11.3 Å². The van der Waals surface area contributed by atoms with E-state index in [4.69, 9.17) is 0 Å². The lowest BCUT2D eigenvalue weighted by molar-refractivity contribution is -0.132. The van der Waals surface area contributed by atoms with Gasteiger partial charge in [-0.1, -0.05) is 18.2 Å². The highest BCUT2D eigenvalue weighted by molar-refractivity contribution is 7.10. The predicted octanol–water partition coefficient (Wildman–Crippen LogP) is 2.90. The van der Waals surface area contributed by atoms with Crippen molar-refractivity contribution in [2.45, 2.75) is 31.3 Å². The number of nitrogens with one attached hydrogen (secondary N) is 1. The fourth-order valence-electron chi connectivity index (χ4n) is 3.62. The summed E-state index contributed by atoms with van der Waals surface area (Å²) < 4.78 is 0. The van der Waals surface area contributed by atoms with Gasteiger partial charge in [0.15, 0.2) is 0 Å². The maximum absolute atomic E-state index is 13.1. The van der Waals surface area contributed by atoms with Gasteiger partial charge in [0.05, 0.1) is 18.2 Å². The SMILES string of the molecule is N#Cc1ccccc1CN1C(=O)N[C@]2(CCCc3sccc32)C1=O. The highest BCUT2D eigenvalue weighted by Gasteiger charge is 2.54. The molecule has 1 spiro atoms. The van der Waals surface area contributed by atoms with Gasteiger partial charge in [0.25, 0.3) is 5.91 Å². The minimum atomic E-state index is -0.924. The number of aryl methyl sites for hydroxylation is 1. The third-order valence-electron chi connectivity index (χ3n) is 4.80. The summed E-state index contributed by atoms with van der Waals surface area (Å²) >= 11 is 1.64. The fourth-order valence-corrected chi connectivity index (χ4v) is 4.62. The molecule has 2 heterocycles. The minimum absolute atomic E-state index is 0.121. The highest BCUT2D eigenvalue weighted by Crippen LogP contribution is 2.42. The van der Waals surface area contributed by atoms with Crippen molar-refractivity contribution in [3.05, 3.63) is 57.3 Å². The zero-order valence-corrected chi connectivity index (χ0v) is 13.7. The number of nitrogens with zero attached hydrogens (tertiary/aromatic N) is 2. The van der Waals surface area contributed by atoms with Crippen molar-refractivity contribution in [3.8, 4) is 6.07 Å². The molecule has 1 aliphatic heterocycles. The van der Waals surface area contributed by atoms with Crippen LogP contribution in [0.5, 0.6) is 0 Å². The highest BCUT2D eigenvalue weighted by atomic mass is 32.1. The number of urea groups is 1. The Hall–Kier alpha value is -2.65. The molecule has 120 valence electrons. The molecule has 2 aromatic rings. The van der Waals surface area contributed by atoms with E-state index in [1.54, 1.807) is 29.5 Å². The van der Waals surface area contributed by atoms with E-state index in [1.807, 2.05) is 17.5 Å². The quantitative estimate of drug-likeness (QED) is 0.856. The van der Waals surface area contributed by atoms with Crippen LogP contribution in [-0.4, -0.2) is 16.8 Å². The number of carbonyl (C=O) groups excluding carboxylic acids is 2. The average Bonchev–Trinajstić information content (AvgIpc) is 3.16. The molecule has 6 heteroatoms. The number of amides is 3. The van der Waals surface area contributed by atoms with Crippen molar-refractivity contribution in [2.75, 3.05) is 0 Å². The Kier molecular flexibility index (Phi) is 3.39. The summed E-state index contributed by atoms with van der Waals surface area (Å²) in [7, 11) is 0. The monoisotopic (exact) mass is 337 g/mol. The molecule has 0 bridgehead atoms. The van der Waals surface area contributed by atoms with Gasteiger partial charge in [-0.3, -0.25) is 9.69 Å². The molecule has 0 unspecified atom stereocenters. The first-order chi connectivity index (χ1) is 11.7. The van der Waals surface area contributed by atoms with Gasteiger partial charge >= 0.3 is 6.03 Å². The number of fused-ring (bicyclic) bond motifs is 2. The molecule has 4 rings (SSSR count). The maximum atomic E-state index is 13.1. The summed E-state index contributed by atoms with van der Waals surface area (Å²) in [5.41, 5.74) is 1.18. The second kappa shape index (κ2) is 5.46. The van der Waals surface area contributed by atoms with Crippen LogP contribution in [0.25, 0.3) is 0 Å². The van der Waals surface area contributed by atoms with Crippen molar-refractivity contribution in [3.63, 3.8) is 0 Å². The van der Waals surface area contributed by atoms with Gasteiger partial charge in [-0.2, -0.15) is 5.26 Å². The van der Waals surface area contributed by atoms with Gasteiger partial charge in [-0.25, -0.2) is 4.79 Å². The number of nitriles is 1. The lowest BCUT2D eigenvalue weighted by atomic mass is 9.80. The van der Waals surface area contributed by atoms with Crippen LogP contribution < -0.4 is 5.32 Å².